The first-order valence-electron chi connectivity index (χ1n) is 40.7. The molecule has 55 heteroatoms. The van der Waals surface area contributed by atoms with Crippen LogP contribution in [0, 0.1) is 71.0 Å². The summed E-state index contributed by atoms with van der Waals surface area (Å²) < 4.78 is 44.0. The summed E-state index contributed by atoms with van der Waals surface area (Å²) >= 11 is 2.82. The number of aliphatic carboxylic acids is 6. The molecule has 0 amide bonds. The van der Waals surface area contributed by atoms with Gasteiger partial charge >= 0.3 is 119 Å². The molecule has 0 radical (unpaired) electrons. The normalized spacial score (nSPS) is 19.7. The summed E-state index contributed by atoms with van der Waals surface area (Å²) in [7, 11) is 3.35. The predicted octanol–water partition coefficient (Wildman–Crippen LogP) is 5.92. The lowest BCUT2D eigenvalue weighted by Crippen LogP contribution is -2.50. The molecule has 4 saturated heterocycles. The molecule has 0 bridgehead atoms. The molecule has 5 aromatic carbocycles. The van der Waals surface area contributed by atoms with Gasteiger partial charge in [0.2, 0.25) is 0 Å². The van der Waals surface area contributed by atoms with Crippen LogP contribution in [0.3, 0.4) is 0 Å². The molecule has 766 valence electrons. The van der Waals surface area contributed by atoms with Crippen molar-refractivity contribution in [2.45, 2.75) is 77.0 Å². The molecule has 8 fully saturated rings. The lowest BCUT2D eigenvalue weighted by Gasteiger charge is -2.33. The fourth-order valence-corrected chi connectivity index (χ4v) is 17.2. The van der Waals surface area contributed by atoms with E-state index in [9.17, 15) is 125 Å². The highest BCUT2D eigenvalue weighted by atomic mass is 33.1. The van der Waals surface area contributed by atoms with E-state index >= 15 is 0 Å². The van der Waals surface area contributed by atoms with Crippen LogP contribution >= 0.6 is 45.1 Å². The summed E-state index contributed by atoms with van der Waals surface area (Å²) in [4.78, 5) is 273. The van der Waals surface area contributed by atoms with Crippen molar-refractivity contribution in [1.82, 2.24) is 0 Å². The van der Waals surface area contributed by atoms with E-state index in [-0.39, 0.29) is 107 Å². The average Bonchev–Trinajstić information content (AvgIpc) is 1.54. The molecule has 4 aliphatic heterocycles. The fraction of sp³-hybridized carbons (Fsp3) is 0.356. The standard InChI is InChI=1S/C9H6O6.C8H4O6.C8H6O6.C8H6O5.C8H14O4S2.C8H6O4.C8H12O4.C8H6O4.C8H12O4.C8H6O4.C6H10O4S2/c10-6-2-1-3-5(4(2)8(12)14-6)9(13)15-7(3)11;9-5-1-2(6(10)13-5)4-3(1)7(11)14-8(4)12;9-3-14-7-2-5(10)4(8(12)13)1-6(7)11;9-4-13-7-2-5(8(11)12)1-6(10)3-7;9-7-12-4-2-6-14-13-5-1-3-8(10)11;9-5-12-7-3-1-6(2-4-7)8(10)11;9-7(10)5-1-2-6(4-3-5)8(11)12;9-5-12-7-3-1-2-6(4-7)8(10)11;2*9-7(10)5-3-1-2-4-6(5)8(11)12;7-4-10-5-12-2-1-11-3-6(8)9/h2-5H,1H2;1-4H;1-3,10-11H,(H,12,13);1-4,10H,(H,11,12);7H,1-6H2,(H,10,11);1-5H,(H,10,11);5-6H,1-4H2,(H,9,10)(H,11,12);1-5H,(H,10,11);5-6H,1-4H2,(H,9,10)(H,11,12);1-4H,(H,9,10)(H,11,12);4H,1-3,5H2,(H,8,9). The number of aromatic carboxylic acids is 6. The van der Waals surface area contributed by atoms with E-state index < -0.39 is 196 Å². The summed E-state index contributed by atoms with van der Waals surface area (Å²) in [5.41, 5.74) is -0.741. The molecule has 15 N–H and O–H groups in total. The largest absolute Gasteiger partial charge is 0.508 e. The Morgan fingerprint density at radius 2 is 0.761 bits per heavy atom. The molecule has 5 aromatic rings. The minimum atomic E-state index is -1.39. The molecule has 51 nitrogen and oxygen atoms in total. The third kappa shape index (κ3) is 40.2. The zero-order chi connectivity index (χ0) is 107. The molecule has 0 aromatic heterocycles. The summed E-state index contributed by atoms with van der Waals surface area (Å²) in [5, 5.41) is 130. The Bertz CT molecular complexity index is 5180. The van der Waals surface area contributed by atoms with E-state index in [2.05, 4.69) is 47.4 Å². The van der Waals surface area contributed by atoms with E-state index in [1.807, 2.05) is 0 Å². The third-order valence-electron chi connectivity index (χ3n) is 20.0. The van der Waals surface area contributed by atoms with Crippen molar-refractivity contribution in [3.8, 4) is 40.2 Å². The number of aromatic hydroxyl groups is 3. The van der Waals surface area contributed by atoms with E-state index in [0.717, 1.165) is 72.6 Å². The number of ether oxygens (including phenoxy) is 10. The Hall–Kier alpha value is -16.1. The van der Waals surface area contributed by atoms with E-state index in [4.69, 9.17) is 76.6 Å². The number of rotatable bonds is 36. The van der Waals surface area contributed by atoms with E-state index in [0.29, 0.717) is 76.2 Å². The number of phenols is 3. The lowest BCUT2D eigenvalue weighted by atomic mass is 9.59. The first-order valence-corrected chi connectivity index (χ1v) is 45.4. The molecule has 0 spiro atoms. The molecular formula is C87H88O51S4. The Balaban J connectivity index is 0.000000402. The first kappa shape index (κ1) is 120. The van der Waals surface area contributed by atoms with Gasteiger partial charge in [0.1, 0.15) is 40.2 Å². The van der Waals surface area contributed by atoms with E-state index in [1.165, 1.54) is 96.3 Å². The van der Waals surface area contributed by atoms with Crippen LogP contribution < -0.4 is 18.9 Å². The number of hydrogen-bond acceptors (Lipinski definition) is 43. The Kier molecular flexibility index (Phi) is 53.0. The van der Waals surface area contributed by atoms with Gasteiger partial charge in [-0.3, -0.25) is 95.9 Å². The second-order valence-corrected chi connectivity index (χ2v) is 33.9. The Morgan fingerprint density at radius 1 is 0.345 bits per heavy atom. The molecular weight excluding hydrogens is 1990 g/mol. The van der Waals surface area contributed by atoms with Crippen molar-refractivity contribution in [1.29, 1.82) is 0 Å². The van der Waals surface area contributed by atoms with Crippen LogP contribution in [0.25, 0.3) is 0 Å². The summed E-state index contributed by atoms with van der Waals surface area (Å²) in [6.07, 6.45) is 6.68. The molecule has 8 aliphatic rings. The molecule has 6 atom stereocenters. The molecule has 6 unspecified atom stereocenters. The van der Waals surface area contributed by atoms with Crippen molar-refractivity contribution < 1.29 is 249 Å². The van der Waals surface area contributed by atoms with Gasteiger partial charge in [0.25, 0.3) is 38.8 Å². The van der Waals surface area contributed by atoms with Crippen LogP contribution in [0.4, 0.5) is 0 Å². The van der Waals surface area contributed by atoms with Gasteiger partial charge in [-0.05, 0) is 125 Å². The summed E-state index contributed by atoms with van der Waals surface area (Å²) in [5.74, 6) is -23.0. The minimum Gasteiger partial charge on any atom is -0.508 e. The second-order valence-electron chi connectivity index (χ2n) is 29.0. The predicted molar refractivity (Wildman–Crippen MR) is 472 cm³/mol. The molecule has 13 rings (SSSR count). The van der Waals surface area contributed by atoms with Crippen LogP contribution in [0.15, 0.2) is 103 Å². The van der Waals surface area contributed by atoms with Crippen LogP contribution in [0.5, 0.6) is 40.2 Å². The number of cyclic esters (lactones) is 8. The van der Waals surface area contributed by atoms with Gasteiger partial charge in [-0.2, -0.15) is 0 Å². The minimum absolute atomic E-state index is 0.00704. The molecule has 142 heavy (non-hydrogen) atoms. The molecule has 4 aliphatic carbocycles. The topological polar surface area (TPSA) is 840 Å². The zero-order valence-electron chi connectivity index (χ0n) is 73.2. The average molecular weight is 2080 g/mol. The number of esters is 8. The van der Waals surface area contributed by atoms with E-state index in [1.54, 1.807) is 21.6 Å². The van der Waals surface area contributed by atoms with Gasteiger partial charge in [0.05, 0.1) is 111 Å². The maximum atomic E-state index is 11.3. The maximum Gasteiger partial charge on any atom is 0.339 e. The van der Waals surface area contributed by atoms with Gasteiger partial charge in [-0.25, -0.2) is 28.8 Å². The van der Waals surface area contributed by atoms with Crippen LogP contribution in [0.2, 0.25) is 0 Å². The van der Waals surface area contributed by atoms with Crippen LogP contribution in [-0.4, -0.2) is 276 Å². The highest BCUT2D eigenvalue weighted by Gasteiger charge is 2.73. The quantitative estimate of drug-likeness (QED) is 0.00323. The number of hydrogen-bond donors (Lipinski definition) is 15. The van der Waals surface area contributed by atoms with Crippen LogP contribution in [-0.2, 0) is 124 Å². The van der Waals surface area contributed by atoms with Gasteiger partial charge < -0.3 is 124 Å². The number of thioether (sulfide) groups is 2. The maximum absolute atomic E-state index is 11.3. The third-order valence-corrected chi connectivity index (χ3v) is 24.6. The van der Waals surface area contributed by atoms with Gasteiger partial charge in [0.15, 0.2) is 11.5 Å². The molecule has 4 heterocycles. The summed E-state index contributed by atoms with van der Waals surface area (Å²) in [6.45, 7) is 2.06. The first-order chi connectivity index (χ1) is 67.3. The van der Waals surface area contributed by atoms with Crippen molar-refractivity contribution in [3.63, 3.8) is 0 Å². The molecule has 4 saturated carbocycles. The van der Waals surface area contributed by atoms with Crippen molar-refractivity contribution >= 4 is 203 Å². The van der Waals surface area contributed by atoms with Gasteiger partial charge in [-0.1, -0.05) is 52.6 Å². The highest BCUT2D eigenvalue weighted by molar-refractivity contribution is 8.76. The number of benzene rings is 5. The lowest BCUT2D eigenvalue weighted by molar-refractivity contribution is -0.158. The number of carbonyl (C=O) groups excluding carboxylic acids is 14. The Labute approximate surface area is 814 Å². The highest BCUT2D eigenvalue weighted by Crippen LogP contribution is 2.55. The van der Waals surface area contributed by atoms with Crippen molar-refractivity contribution in [2.75, 3.05) is 41.3 Å². The van der Waals surface area contributed by atoms with Crippen molar-refractivity contribution in [3.05, 3.63) is 137 Å². The van der Waals surface area contributed by atoms with Gasteiger partial charge in [-0.15, -0.1) is 23.5 Å². The number of carbonyl (C=O) groups is 26. The number of phenolic OH excluding ortho intramolecular Hbond substituents is 2. The smallest absolute Gasteiger partial charge is 0.339 e. The monoisotopic (exact) mass is 2080 g/mol. The van der Waals surface area contributed by atoms with Gasteiger partial charge in [0, 0.05) is 47.6 Å². The number of carboxylic acid groups (broad SMARTS) is 12. The zero-order valence-corrected chi connectivity index (χ0v) is 76.4. The van der Waals surface area contributed by atoms with Crippen molar-refractivity contribution in [2.24, 2.45) is 71.0 Å². The van der Waals surface area contributed by atoms with Crippen LogP contribution in [0.1, 0.15) is 139 Å². The number of fused-ring (bicyclic) bond motifs is 7. The summed E-state index contributed by atoms with van der Waals surface area (Å²) in [6, 6.07) is 21.7. The second kappa shape index (κ2) is 62.7. The Morgan fingerprint density at radius 3 is 1.17 bits per heavy atom. The SMILES string of the molecule is O=C(O)C1CCC(C(=O)O)CC1.O=C(O)C1CCCCC1C(=O)O.O=C(O)c1ccccc1C(=O)O.O=C1OC(=O)C2C1C1C(=O)OC(=O)C21.O=C1OC(=O)C2C1CC1C(=O)OC(=O)C12.O=COCCCSSCCCC(=O)O.O=COCSCCSCC(=O)O.O=COc1cc(O)c(C(=O)O)cc1O.O=COc1cc(O)cc(C(=O)O)c1.O=COc1ccc(C(=O)O)cc1.O=COc1cccc(C(=O)O)c1. The fourth-order valence-electron chi connectivity index (χ4n) is 13.5. The number of carboxylic acids is 12.